The number of aromatic nitrogens is 2. The Balaban J connectivity index is 2.36. The van der Waals surface area contributed by atoms with Gasteiger partial charge in [-0.2, -0.15) is 0 Å². The summed E-state index contributed by atoms with van der Waals surface area (Å²) in [5.74, 6) is 0.706. The fraction of sp³-hybridized carbons (Fsp3) is 0.778. The maximum absolute atomic E-state index is 5.41. The Labute approximate surface area is 77.5 Å². The molecule has 1 heterocycles. The zero-order valence-electron chi connectivity index (χ0n) is 8.29. The third kappa shape index (κ3) is 1.12. The highest BCUT2D eigenvalue weighted by Gasteiger charge is 2.57. The van der Waals surface area contributed by atoms with Gasteiger partial charge in [-0.1, -0.05) is 25.9 Å². The summed E-state index contributed by atoms with van der Waals surface area (Å²) in [4.78, 5) is 0. The topological polar surface area (TPSA) is 64.9 Å². The van der Waals surface area contributed by atoms with Crippen LogP contribution < -0.4 is 5.73 Å². The van der Waals surface area contributed by atoms with E-state index < -0.39 is 0 Å². The molecule has 4 heteroatoms. The quantitative estimate of drug-likeness (QED) is 0.716. The second-order valence-corrected chi connectivity index (χ2v) is 4.78. The van der Waals surface area contributed by atoms with Crippen LogP contribution in [0.1, 0.15) is 39.5 Å². The number of nitrogens with two attached hydrogens (primary N) is 1. The van der Waals surface area contributed by atoms with Crippen LogP contribution in [0, 0.1) is 5.41 Å². The predicted molar refractivity (Wildman–Crippen MR) is 49.1 cm³/mol. The molecule has 0 spiro atoms. The highest BCUT2D eigenvalue weighted by Crippen LogP contribution is 2.59. The number of hydrogen-bond donors (Lipinski definition) is 1. The molecule has 1 aromatic heterocycles. The first-order valence-corrected chi connectivity index (χ1v) is 4.55. The Hall–Kier alpha value is -1.06. The second kappa shape index (κ2) is 2.25. The van der Waals surface area contributed by atoms with Gasteiger partial charge in [0.05, 0.1) is 5.41 Å². The summed E-state index contributed by atoms with van der Waals surface area (Å²) in [6.45, 7) is 6.58. The summed E-state index contributed by atoms with van der Waals surface area (Å²) in [5.41, 5.74) is 5.66. The number of hydrogen-bond acceptors (Lipinski definition) is 4. The van der Waals surface area contributed by atoms with Gasteiger partial charge in [-0.15, -0.1) is 5.10 Å². The van der Waals surface area contributed by atoms with E-state index in [1.165, 1.54) is 0 Å². The molecule has 0 saturated heterocycles. The lowest BCUT2D eigenvalue weighted by Crippen LogP contribution is -2.26. The zero-order valence-corrected chi connectivity index (χ0v) is 8.29. The predicted octanol–water partition coefficient (Wildman–Crippen LogP) is 1.73. The van der Waals surface area contributed by atoms with E-state index in [9.17, 15) is 0 Å². The van der Waals surface area contributed by atoms with Crippen molar-refractivity contribution >= 4 is 6.01 Å². The van der Waals surface area contributed by atoms with Crippen LogP contribution in [0.4, 0.5) is 6.01 Å². The van der Waals surface area contributed by atoms with E-state index in [-0.39, 0.29) is 16.8 Å². The molecule has 1 aromatic rings. The van der Waals surface area contributed by atoms with Crippen molar-refractivity contribution in [2.24, 2.45) is 5.41 Å². The molecule has 13 heavy (non-hydrogen) atoms. The standard InChI is InChI=1S/C9H15N3O/c1-8(2,3)9(4-5-9)6-11-12-7(10)13-6/h4-5H2,1-3H3,(H2,10,12). The van der Waals surface area contributed by atoms with Crippen LogP contribution >= 0.6 is 0 Å². The normalized spacial score (nSPS) is 20.2. The van der Waals surface area contributed by atoms with Crippen LogP contribution in [-0.2, 0) is 5.41 Å². The van der Waals surface area contributed by atoms with Crippen LogP contribution in [0.2, 0.25) is 0 Å². The van der Waals surface area contributed by atoms with Crippen LogP contribution in [0.25, 0.3) is 0 Å². The Morgan fingerprint density at radius 3 is 2.23 bits per heavy atom. The highest BCUT2D eigenvalue weighted by molar-refractivity contribution is 5.22. The lowest BCUT2D eigenvalue weighted by molar-refractivity contribution is 0.251. The molecule has 0 aliphatic heterocycles. The summed E-state index contributed by atoms with van der Waals surface area (Å²) in [6, 6.07) is 0.172. The fourth-order valence-electron chi connectivity index (χ4n) is 1.84. The van der Waals surface area contributed by atoms with E-state index >= 15 is 0 Å². The van der Waals surface area contributed by atoms with E-state index in [2.05, 4.69) is 31.0 Å². The maximum atomic E-state index is 5.41. The second-order valence-electron chi connectivity index (χ2n) is 4.78. The minimum Gasteiger partial charge on any atom is -0.408 e. The molecule has 72 valence electrons. The van der Waals surface area contributed by atoms with Gasteiger partial charge in [0.15, 0.2) is 0 Å². The van der Waals surface area contributed by atoms with Crippen molar-refractivity contribution < 1.29 is 4.42 Å². The molecule has 0 amide bonds. The molecule has 0 atom stereocenters. The SMILES string of the molecule is CC(C)(C)C1(c2nnc(N)o2)CC1. The lowest BCUT2D eigenvalue weighted by Gasteiger charge is -2.27. The third-order valence-electron chi connectivity index (χ3n) is 3.04. The van der Waals surface area contributed by atoms with Crippen molar-refractivity contribution in [2.45, 2.75) is 39.0 Å². The summed E-state index contributed by atoms with van der Waals surface area (Å²) < 4.78 is 5.29. The molecule has 1 aliphatic rings. The van der Waals surface area contributed by atoms with Gasteiger partial charge >= 0.3 is 6.01 Å². The first-order valence-electron chi connectivity index (χ1n) is 4.55. The van der Waals surface area contributed by atoms with E-state index in [0.717, 1.165) is 12.8 Å². The Morgan fingerprint density at radius 1 is 1.31 bits per heavy atom. The number of nitrogens with zero attached hydrogens (tertiary/aromatic N) is 2. The Bertz CT molecular complexity index is 320. The first kappa shape index (κ1) is 8.53. The molecule has 1 saturated carbocycles. The summed E-state index contributed by atoms with van der Waals surface area (Å²) >= 11 is 0. The van der Waals surface area contributed by atoms with Gasteiger partial charge in [0.1, 0.15) is 0 Å². The van der Waals surface area contributed by atoms with Gasteiger partial charge < -0.3 is 10.2 Å². The van der Waals surface area contributed by atoms with Crippen LogP contribution in [0.5, 0.6) is 0 Å². The van der Waals surface area contributed by atoms with E-state index in [1.807, 2.05) is 0 Å². The smallest absolute Gasteiger partial charge is 0.312 e. The van der Waals surface area contributed by atoms with Crippen molar-refractivity contribution in [3.05, 3.63) is 5.89 Å². The van der Waals surface area contributed by atoms with Crippen LogP contribution in [0.3, 0.4) is 0 Å². The molecule has 4 nitrogen and oxygen atoms in total. The summed E-state index contributed by atoms with van der Waals surface area (Å²) in [7, 11) is 0. The van der Waals surface area contributed by atoms with Crippen LogP contribution in [0.15, 0.2) is 4.42 Å². The van der Waals surface area contributed by atoms with Gasteiger partial charge in [-0.3, -0.25) is 0 Å². The molecular formula is C9H15N3O. The lowest BCUT2D eigenvalue weighted by atomic mass is 9.77. The van der Waals surface area contributed by atoms with Gasteiger partial charge in [0, 0.05) is 0 Å². The van der Waals surface area contributed by atoms with Crippen LogP contribution in [-0.4, -0.2) is 10.2 Å². The Morgan fingerprint density at radius 2 is 1.92 bits per heavy atom. The van der Waals surface area contributed by atoms with Crippen molar-refractivity contribution in [3.8, 4) is 0 Å². The van der Waals surface area contributed by atoms with Gasteiger partial charge in [-0.25, -0.2) is 0 Å². The maximum Gasteiger partial charge on any atom is 0.312 e. The van der Waals surface area contributed by atoms with Crippen molar-refractivity contribution in [3.63, 3.8) is 0 Å². The minimum absolute atomic E-state index is 0.0810. The highest BCUT2D eigenvalue weighted by atomic mass is 16.4. The van der Waals surface area contributed by atoms with E-state index in [1.54, 1.807) is 0 Å². The van der Waals surface area contributed by atoms with E-state index in [4.69, 9.17) is 10.2 Å². The molecule has 0 radical (unpaired) electrons. The molecule has 0 aromatic carbocycles. The van der Waals surface area contributed by atoms with Gasteiger partial charge in [-0.05, 0) is 18.3 Å². The number of nitrogen functional groups attached to an aromatic ring is 1. The summed E-state index contributed by atoms with van der Waals surface area (Å²) in [5, 5.41) is 7.67. The minimum atomic E-state index is 0.0810. The third-order valence-corrected chi connectivity index (χ3v) is 3.04. The average molecular weight is 181 g/mol. The average Bonchev–Trinajstić information content (AvgIpc) is 2.70. The molecular weight excluding hydrogens is 166 g/mol. The van der Waals surface area contributed by atoms with Gasteiger partial charge in [0.25, 0.3) is 0 Å². The number of rotatable bonds is 1. The van der Waals surface area contributed by atoms with Gasteiger partial charge in [0.2, 0.25) is 5.89 Å². The summed E-state index contributed by atoms with van der Waals surface area (Å²) in [6.07, 6.45) is 2.25. The Kier molecular flexibility index (Phi) is 1.47. The fourth-order valence-corrected chi connectivity index (χ4v) is 1.84. The largest absolute Gasteiger partial charge is 0.408 e. The molecule has 1 aliphatic carbocycles. The van der Waals surface area contributed by atoms with E-state index in [0.29, 0.717) is 5.89 Å². The number of anilines is 1. The van der Waals surface area contributed by atoms with Crippen molar-refractivity contribution in [1.29, 1.82) is 0 Å². The monoisotopic (exact) mass is 181 g/mol. The van der Waals surface area contributed by atoms with Crippen molar-refractivity contribution in [2.75, 3.05) is 5.73 Å². The zero-order chi connectivity index (χ0) is 9.69. The van der Waals surface area contributed by atoms with Crippen molar-refractivity contribution in [1.82, 2.24) is 10.2 Å². The molecule has 0 unspecified atom stereocenters. The molecule has 0 bridgehead atoms. The molecule has 2 rings (SSSR count). The molecule has 2 N–H and O–H groups in total. The first-order chi connectivity index (χ1) is 5.96. The molecule has 1 fully saturated rings.